The van der Waals surface area contributed by atoms with E-state index in [9.17, 15) is 18.0 Å². The molecule has 0 bridgehead atoms. The predicted molar refractivity (Wildman–Crippen MR) is 100 cm³/mol. The predicted octanol–water partition coefficient (Wildman–Crippen LogP) is 1.52. The molecule has 1 amide bonds. The smallest absolute Gasteiger partial charge is 0.306 e. The average molecular weight is 390 g/mol. The van der Waals surface area contributed by atoms with Gasteiger partial charge in [-0.25, -0.2) is 13.6 Å². The van der Waals surface area contributed by atoms with Crippen LogP contribution in [0.4, 0.5) is 0 Å². The largest absolute Gasteiger partial charge is 0.465 e. The van der Waals surface area contributed by atoms with Gasteiger partial charge in [-0.2, -0.15) is 0 Å². The third-order valence-electron chi connectivity index (χ3n) is 3.79. The molecule has 0 atom stereocenters. The van der Waals surface area contributed by atoms with Crippen molar-refractivity contribution in [3.8, 4) is 0 Å². The number of sulfonamides is 1. The summed E-state index contributed by atoms with van der Waals surface area (Å²) in [5.74, 6) is -0.705. The average Bonchev–Trinajstić information content (AvgIpc) is 2.65. The van der Waals surface area contributed by atoms with E-state index in [-0.39, 0.29) is 36.8 Å². The molecule has 144 valence electrons. The van der Waals surface area contributed by atoms with Crippen LogP contribution in [0.5, 0.6) is 0 Å². The lowest BCUT2D eigenvalue weighted by Gasteiger charge is -2.07. The monoisotopic (exact) mass is 390 g/mol. The van der Waals surface area contributed by atoms with Crippen LogP contribution in [-0.4, -0.2) is 26.9 Å². The number of amides is 1. The van der Waals surface area contributed by atoms with Gasteiger partial charge in [0.05, 0.1) is 17.9 Å². The Morgan fingerprint density at radius 2 is 1.59 bits per heavy atom. The van der Waals surface area contributed by atoms with Gasteiger partial charge in [-0.1, -0.05) is 42.5 Å². The van der Waals surface area contributed by atoms with Crippen molar-refractivity contribution in [1.82, 2.24) is 5.32 Å². The maximum absolute atomic E-state index is 11.8. The third-order valence-corrected chi connectivity index (χ3v) is 4.72. The van der Waals surface area contributed by atoms with Crippen LogP contribution in [-0.2, 0) is 37.3 Å². The molecule has 0 heterocycles. The number of nitrogens with two attached hydrogens (primary N) is 1. The molecule has 0 unspecified atom stereocenters. The highest BCUT2D eigenvalue weighted by atomic mass is 32.2. The first-order valence-electron chi connectivity index (χ1n) is 8.42. The summed E-state index contributed by atoms with van der Waals surface area (Å²) in [5, 5.41) is 7.69. The molecule has 2 aromatic rings. The maximum Gasteiger partial charge on any atom is 0.306 e. The Labute approximate surface area is 158 Å². The highest BCUT2D eigenvalue weighted by Crippen LogP contribution is 2.08. The Hall–Kier alpha value is -2.71. The number of hydrogen-bond donors (Lipinski definition) is 2. The molecule has 0 aromatic heterocycles. The first-order valence-corrected chi connectivity index (χ1v) is 9.97. The van der Waals surface area contributed by atoms with Crippen molar-refractivity contribution in [1.29, 1.82) is 0 Å². The fraction of sp³-hybridized carbons (Fsp3) is 0.263. The van der Waals surface area contributed by atoms with E-state index in [1.165, 1.54) is 12.1 Å². The van der Waals surface area contributed by atoms with Crippen LogP contribution in [0.15, 0.2) is 59.5 Å². The highest BCUT2D eigenvalue weighted by Gasteiger charge is 2.09. The second-order valence-corrected chi connectivity index (χ2v) is 7.48. The molecular weight excluding hydrogens is 368 g/mol. The molecule has 7 nitrogen and oxygen atoms in total. The molecule has 0 aliphatic rings. The summed E-state index contributed by atoms with van der Waals surface area (Å²) < 4.78 is 27.5. The summed E-state index contributed by atoms with van der Waals surface area (Å²) in [7, 11) is -3.73. The molecule has 3 N–H and O–H groups in total. The van der Waals surface area contributed by atoms with Crippen molar-refractivity contribution >= 4 is 21.9 Å². The van der Waals surface area contributed by atoms with Crippen LogP contribution < -0.4 is 10.5 Å². The van der Waals surface area contributed by atoms with E-state index in [0.29, 0.717) is 6.42 Å². The maximum atomic E-state index is 11.8. The highest BCUT2D eigenvalue weighted by molar-refractivity contribution is 7.89. The van der Waals surface area contributed by atoms with Crippen LogP contribution in [0, 0.1) is 0 Å². The lowest BCUT2D eigenvalue weighted by Crippen LogP contribution is -2.23. The van der Waals surface area contributed by atoms with Crippen LogP contribution >= 0.6 is 0 Å². The quantitative estimate of drug-likeness (QED) is 0.630. The number of ether oxygens (including phenoxy) is 1. The van der Waals surface area contributed by atoms with Gasteiger partial charge in [0.25, 0.3) is 0 Å². The van der Waals surface area contributed by atoms with Gasteiger partial charge in [0, 0.05) is 19.4 Å². The number of nitrogens with one attached hydrogen (secondary N) is 1. The summed E-state index contributed by atoms with van der Waals surface area (Å²) in [6.07, 6.45) is 0.664. The molecule has 2 aromatic carbocycles. The number of primary sulfonamides is 1. The number of carbonyl (C=O) groups is 2. The minimum atomic E-state index is -3.73. The summed E-state index contributed by atoms with van der Waals surface area (Å²) in [6.45, 7) is 0.508. The van der Waals surface area contributed by atoms with Gasteiger partial charge in [0.1, 0.15) is 0 Å². The number of benzene rings is 2. The second-order valence-electron chi connectivity index (χ2n) is 5.92. The van der Waals surface area contributed by atoms with Crippen molar-refractivity contribution < 1.29 is 22.7 Å². The van der Waals surface area contributed by atoms with Crippen LogP contribution in [0.25, 0.3) is 0 Å². The van der Waals surface area contributed by atoms with Gasteiger partial charge < -0.3 is 10.1 Å². The van der Waals surface area contributed by atoms with E-state index in [4.69, 9.17) is 9.88 Å². The number of carbonyl (C=O) groups excluding carboxylic acids is 2. The summed E-state index contributed by atoms with van der Waals surface area (Å²) in [5.41, 5.74) is 1.80. The molecule has 0 aliphatic heterocycles. The molecule has 27 heavy (non-hydrogen) atoms. The summed E-state index contributed by atoms with van der Waals surface area (Å²) in [4.78, 5) is 23.5. The zero-order valence-corrected chi connectivity index (χ0v) is 15.6. The van der Waals surface area contributed by atoms with Crippen LogP contribution in [0.2, 0.25) is 0 Å². The number of hydrogen-bond acceptors (Lipinski definition) is 5. The van der Waals surface area contributed by atoms with Gasteiger partial charge in [-0.15, -0.1) is 0 Å². The van der Waals surface area contributed by atoms with E-state index < -0.39 is 16.0 Å². The number of esters is 1. The Bertz CT molecular complexity index is 865. The minimum absolute atomic E-state index is 0.00494. The lowest BCUT2D eigenvalue weighted by molar-refractivity contribution is -0.144. The molecule has 0 aliphatic carbocycles. The van der Waals surface area contributed by atoms with Crippen molar-refractivity contribution in [2.75, 3.05) is 6.61 Å². The Morgan fingerprint density at radius 3 is 2.22 bits per heavy atom. The standard InChI is InChI=1S/C19H22N2O5S/c20-27(24,25)17-8-6-16(7-9-17)14-21-18(22)10-11-19(23)26-13-12-15-4-2-1-3-5-15/h1-9H,10-14H2,(H,21,22)(H2,20,24,25). The van der Waals surface area contributed by atoms with E-state index in [2.05, 4.69) is 5.32 Å². The van der Waals surface area contributed by atoms with Gasteiger partial charge in [0.15, 0.2) is 0 Å². The fourth-order valence-corrected chi connectivity index (χ4v) is 2.82. The van der Waals surface area contributed by atoms with Crippen LogP contribution in [0.1, 0.15) is 24.0 Å². The minimum Gasteiger partial charge on any atom is -0.465 e. The fourth-order valence-electron chi connectivity index (χ4n) is 2.30. The molecule has 8 heteroatoms. The summed E-state index contributed by atoms with van der Waals surface area (Å²) >= 11 is 0. The zero-order chi connectivity index (χ0) is 19.7. The number of rotatable bonds is 9. The molecule has 0 radical (unpaired) electrons. The van der Waals surface area contributed by atoms with E-state index in [0.717, 1.165) is 11.1 Å². The molecule has 0 spiro atoms. The topological polar surface area (TPSA) is 116 Å². The molecule has 0 saturated heterocycles. The second kappa shape index (κ2) is 9.84. The molecule has 0 saturated carbocycles. The molecule has 2 rings (SSSR count). The third kappa shape index (κ3) is 7.59. The SMILES string of the molecule is NS(=O)(=O)c1ccc(CNC(=O)CCC(=O)OCCc2ccccc2)cc1. The molecule has 0 fully saturated rings. The molecular formula is C19H22N2O5S. The Kier molecular flexibility index (Phi) is 7.51. The van der Waals surface area contributed by atoms with Gasteiger partial charge in [-0.05, 0) is 23.3 Å². The lowest BCUT2D eigenvalue weighted by atomic mass is 10.2. The van der Waals surface area contributed by atoms with E-state index in [1.807, 2.05) is 30.3 Å². The van der Waals surface area contributed by atoms with Crippen molar-refractivity contribution in [3.05, 3.63) is 65.7 Å². The van der Waals surface area contributed by atoms with E-state index in [1.54, 1.807) is 12.1 Å². The van der Waals surface area contributed by atoms with Gasteiger partial charge in [0.2, 0.25) is 15.9 Å². The summed E-state index contributed by atoms with van der Waals surface area (Å²) in [6, 6.07) is 15.6. The van der Waals surface area contributed by atoms with Crippen LogP contribution in [0.3, 0.4) is 0 Å². The van der Waals surface area contributed by atoms with Crippen molar-refractivity contribution in [3.63, 3.8) is 0 Å². The van der Waals surface area contributed by atoms with Gasteiger partial charge >= 0.3 is 5.97 Å². The zero-order valence-electron chi connectivity index (χ0n) is 14.8. The normalized spacial score (nSPS) is 11.0. The van der Waals surface area contributed by atoms with E-state index >= 15 is 0 Å². The van der Waals surface area contributed by atoms with Crippen molar-refractivity contribution in [2.45, 2.75) is 30.7 Å². The first-order chi connectivity index (χ1) is 12.8. The van der Waals surface area contributed by atoms with Gasteiger partial charge in [-0.3, -0.25) is 9.59 Å². The van der Waals surface area contributed by atoms with Crippen molar-refractivity contribution in [2.24, 2.45) is 5.14 Å². The Morgan fingerprint density at radius 1 is 0.926 bits per heavy atom. The first kappa shape index (κ1) is 20.6. The Balaban J connectivity index is 1.64.